The van der Waals surface area contributed by atoms with Crippen LogP contribution in [0.3, 0.4) is 0 Å². The fourth-order valence-corrected chi connectivity index (χ4v) is 3.49. The summed E-state index contributed by atoms with van der Waals surface area (Å²) in [4.78, 5) is 13.8. The van der Waals surface area contributed by atoms with Crippen LogP contribution in [0, 0.1) is 5.92 Å². The Morgan fingerprint density at radius 1 is 1.25 bits per heavy atom. The molecule has 0 amide bonds. The fourth-order valence-electron chi connectivity index (χ4n) is 3.49. The molecule has 1 aliphatic rings. The number of hydrogen-bond acceptors (Lipinski definition) is 3. The molecule has 0 saturated carbocycles. The van der Waals surface area contributed by atoms with Crippen molar-refractivity contribution in [2.45, 2.75) is 58.5 Å². The van der Waals surface area contributed by atoms with E-state index in [0.29, 0.717) is 6.54 Å². The van der Waals surface area contributed by atoms with Gasteiger partial charge in [0.05, 0.1) is 0 Å². The van der Waals surface area contributed by atoms with E-state index in [1.807, 2.05) is 6.92 Å². The molecule has 1 aliphatic heterocycles. The van der Waals surface area contributed by atoms with Crippen molar-refractivity contribution >= 4 is 5.97 Å². The number of nitrogens with one attached hydrogen (secondary N) is 1. The number of likely N-dealkylation sites (tertiary alicyclic amines) is 1. The first-order valence-corrected chi connectivity index (χ1v) is 9.09. The molecule has 1 saturated heterocycles. The molecule has 134 valence electrons. The molecular formula is C20H32N2O2. The number of carboxylic acid groups (broad SMARTS) is 1. The summed E-state index contributed by atoms with van der Waals surface area (Å²) in [7, 11) is 0. The molecule has 0 spiro atoms. The minimum atomic E-state index is -0.715. The van der Waals surface area contributed by atoms with Gasteiger partial charge in [0.15, 0.2) is 0 Å². The highest BCUT2D eigenvalue weighted by Crippen LogP contribution is 2.25. The predicted octanol–water partition coefficient (Wildman–Crippen LogP) is 3.26. The van der Waals surface area contributed by atoms with Crippen LogP contribution in [-0.4, -0.2) is 41.7 Å². The topological polar surface area (TPSA) is 52.6 Å². The van der Waals surface area contributed by atoms with Crippen LogP contribution < -0.4 is 5.32 Å². The number of carbonyl (C=O) groups is 1. The molecular weight excluding hydrogens is 300 g/mol. The van der Waals surface area contributed by atoms with Crippen LogP contribution in [0.25, 0.3) is 0 Å². The Kier molecular flexibility index (Phi) is 6.41. The molecule has 1 aromatic rings. The zero-order chi connectivity index (χ0) is 17.7. The Morgan fingerprint density at radius 2 is 1.83 bits per heavy atom. The van der Waals surface area contributed by atoms with Crippen molar-refractivity contribution < 1.29 is 9.90 Å². The molecule has 0 aromatic heterocycles. The van der Waals surface area contributed by atoms with Crippen molar-refractivity contribution in [3.63, 3.8) is 0 Å². The van der Waals surface area contributed by atoms with E-state index in [1.54, 1.807) is 0 Å². The van der Waals surface area contributed by atoms with Gasteiger partial charge in [-0.15, -0.1) is 0 Å². The monoisotopic (exact) mass is 332 g/mol. The van der Waals surface area contributed by atoms with Gasteiger partial charge in [-0.3, -0.25) is 9.69 Å². The first-order valence-electron chi connectivity index (χ1n) is 9.09. The predicted molar refractivity (Wildman–Crippen MR) is 98.2 cm³/mol. The number of hydrogen-bond donors (Lipinski definition) is 2. The average Bonchev–Trinajstić information content (AvgIpc) is 2.53. The smallest absolute Gasteiger partial charge is 0.320 e. The van der Waals surface area contributed by atoms with E-state index in [1.165, 1.54) is 11.1 Å². The van der Waals surface area contributed by atoms with Crippen molar-refractivity contribution in [3.05, 3.63) is 35.4 Å². The number of likely N-dealkylation sites (N-methyl/N-ethyl adjacent to an activating group) is 1. The van der Waals surface area contributed by atoms with Crippen molar-refractivity contribution in [2.24, 2.45) is 5.92 Å². The van der Waals surface area contributed by atoms with Crippen LogP contribution in [0.4, 0.5) is 0 Å². The number of piperidine rings is 1. The van der Waals surface area contributed by atoms with Gasteiger partial charge in [0.2, 0.25) is 0 Å². The van der Waals surface area contributed by atoms with Gasteiger partial charge in [-0.2, -0.15) is 0 Å². The van der Waals surface area contributed by atoms with Gasteiger partial charge >= 0.3 is 5.97 Å². The molecule has 1 fully saturated rings. The van der Waals surface area contributed by atoms with Crippen molar-refractivity contribution in [2.75, 3.05) is 19.6 Å². The Bertz CT molecular complexity index is 526. The summed E-state index contributed by atoms with van der Waals surface area (Å²) in [6, 6.07) is 8.52. The molecule has 1 atom stereocenters. The third-order valence-electron chi connectivity index (χ3n) is 5.02. The van der Waals surface area contributed by atoms with E-state index in [9.17, 15) is 9.90 Å². The van der Waals surface area contributed by atoms with Crippen molar-refractivity contribution in [1.29, 1.82) is 0 Å². The van der Waals surface area contributed by atoms with Gasteiger partial charge in [-0.05, 0) is 54.9 Å². The zero-order valence-electron chi connectivity index (χ0n) is 15.5. The standard InChI is InChI=1S/C20H32N2O2/c1-5-21-18(19(23)24)16-10-12-22(13-11-16)14-15-6-8-17(9-7-15)20(2,3)4/h6-9,16,18,21H,5,10-14H2,1-4H3,(H,23,24). The van der Waals surface area contributed by atoms with Gasteiger partial charge in [-0.1, -0.05) is 52.0 Å². The highest BCUT2D eigenvalue weighted by Gasteiger charge is 2.30. The Morgan fingerprint density at radius 3 is 2.29 bits per heavy atom. The molecule has 1 aromatic carbocycles. The molecule has 1 heterocycles. The molecule has 0 bridgehead atoms. The molecule has 1 unspecified atom stereocenters. The van der Waals surface area contributed by atoms with Crippen LogP contribution in [0.5, 0.6) is 0 Å². The second-order valence-corrected chi connectivity index (χ2v) is 7.93. The normalized spacial score (nSPS) is 18.5. The van der Waals surface area contributed by atoms with Crippen molar-refractivity contribution in [3.8, 4) is 0 Å². The number of rotatable bonds is 6. The molecule has 4 heteroatoms. The van der Waals surface area contributed by atoms with Gasteiger partial charge in [0.25, 0.3) is 0 Å². The second-order valence-electron chi connectivity index (χ2n) is 7.93. The molecule has 0 aliphatic carbocycles. The molecule has 24 heavy (non-hydrogen) atoms. The minimum absolute atomic E-state index is 0.189. The van der Waals surface area contributed by atoms with Crippen LogP contribution >= 0.6 is 0 Å². The van der Waals surface area contributed by atoms with E-state index in [2.05, 4.69) is 55.3 Å². The molecule has 2 rings (SSSR count). The summed E-state index contributed by atoms with van der Waals surface area (Å²) < 4.78 is 0. The lowest BCUT2D eigenvalue weighted by Crippen LogP contribution is -2.47. The summed E-state index contributed by atoms with van der Waals surface area (Å²) in [6.07, 6.45) is 1.90. The highest BCUT2D eigenvalue weighted by atomic mass is 16.4. The lowest BCUT2D eigenvalue weighted by Gasteiger charge is -2.35. The van der Waals surface area contributed by atoms with E-state index < -0.39 is 12.0 Å². The van der Waals surface area contributed by atoms with E-state index in [4.69, 9.17) is 0 Å². The van der Waals surface area contributed by atoms with E-state index in [-0.39, 0.29) is 11.3 Å². The quantitative estimate of drug-likeness (QED) is 0.839. The lowest BCUT2D eigenvalue weighted by molar-refractivity contribution is -0.141. The van der Waals surface area contributed by atoms with Crippen LogP contribution in [-0.2, 0) is 16.8 Å². The van der Waals surface area contributed by atoms with Gasteiger partial charge in [0, 0.05) is 6.54 Å². The third kappa shape index (κ3) is 5.05. The number of carboxylic acids is 1. The van der Waals surface area contributed by atoms with E-state index >= 15 is 0 Å². The van der Waals surface area contributed by atoms with Gasteiger partial charge < -0.3 is 10.4 Å². The Hall–Kier alpha value is -1.39. The van der Waals surface area contributed by atoms with Gasteiger partial charge in [0.1, 0.15) is 6.04 Å². The Labute approximate surface area is 146 Å². The SMILES string of the molecule is CCNC(C(=O)O)C1CCN(Cc2ccc(C(C)(C)C)cc2)CC1. The number of nitrogens with zero attached hydrogens (tertiary/aromatic N) is 1. The van der Waals surface area contributed by atoms with Crippen LogP contribution in [0.2, 0.25) is 0 Å². The van der Waals surface area contributed by atoms with E-state index in [0.717, 1.165) is 32.5 Å². The first-order chi connectivity index (χ1) is 11.3. The maximum absolute atomic E-state index is 11.4. The fraction of sp³-hybridized carbons (Fsp3) is 0.650. The maximum atomic E-state index is 11.4. The van der Waals surface area contributed by atoms with Gasteiger partial charge in [-0.25, -0.2) is 0 Å². The lowest BCUT2D eigenvalue weighted by atomic mass is 9.86. The summed E-state index contributed by atoms with van der Waals surface area (Å²) in [6.45, 7) is 12.3. The maximum Gasteiger partial charge on any atom is 0.320 e. The largest absolute Gasteiger partial charge is 0.480 e. The summed E-state index contributed by atoms with van der Waals surface area (Å²) >= 11 is 0. The summed E-state index contributed by atoms with van der Waals surface area (Å²) in [5.74, 6) is -0.477. The second kappa shape index (κ2) is 8.13. The average molecular weight is 332 g/mol. The number of aliphatic carboxylic acids is 1. The van der Waals surface area contributed by atoms with Crippen molar-refractivity contribution in [1.82, 2.24) is 10.2 Å². The molecule has 4 nitrogen and oxygen atoms in total. The number of benzene rings is 1. The van der Waals surface area contributed by atoms with Crippen LogP contribution in [0.15, 0.2) is 24.3 Å². The summed E-state index contributed by atoms with van der Waals surface area (Å²) in [5, 5.41) is 12.5. The first kappa shape index (κ1) is 18.9. The Balaban J connectivity index is 1.87. The minimum Gasteiger partial charge on any atom is -0.480 e. The summed E-state index contributed by atoms with van der Waals surface area (Å²) in [5.41, 5.74) is 2.89. The van der Waals surface area contributed by atoms with Crippen LogP contribution in [0.1, 0.15) is 51.7 Å². The highest BCUT2D eigenvalue weighted by molar-refractivity contribution is 5.73. The molecule has 0 radical (unpaired) electrons. The molecule has 2 N–H and O–H groups in total. The zero-order valence-corrected chi connectivity index (χ0v) is 15.5. The third-order valence-corrected chi connectivity index (χ3v) is 5.02.